The fourth-order valence-electron chi connectivity index (χ4n) is 4.22. The van der Waals surface area contributed by atoms with E-state index >= 15 is 0 Å². The summed E-state index contributed by atoms with van der Waals surface area (Å²) in [5, 5.41) is 6.03. The van der Waals surface area contributed by atoms with E-state index in [0.717, 1.165) is 11.1 Å². The molecular weight excluding hydrogens is 424 g/mol. The van der Waals surface area contributed by atoms with Gasteiger partial charge in [-0.1, -0.05) is 54.6 Å². The monoisotopic (exact) mass is 447 g/mol. The molecule has 4 aromatic rings. The van der Waals surface area contributed by atoms with Crippen LogP contribution in [0.5, 0.6) is 17.2 Å². The van der Waals surface area contributed by atoms with Gasteiger partial charge in [0.1, 0.15) is 5.75 Å². The number of hydrogen-bond donors (Lipinski definition) is 1. The lowest BCUT2D eigenvalue weighted by atomic mass is 9.99. The van der Waals surface area contributed by atoms with Crippen LogP contribution in [-0.2, 0) is 6.54 Å². The highest BCUT2D eigenvalue weighted by molar-refractivity contribution is 5.86. The van der Waals surface area contributed by atoms with Gasteiger partial charge in [0.05, 0.1) is 7.11 Å². The zero-order valence-electron chi connectivity index (χ0n) is 18.3. The average molecular weight is 447 g/mol. The van der Waals surface area contributed by atoms with Crippen LogP contribution in [0, 0.1) is 0 Å². The zero-order valence-corrected chi connectivity index (χ0v) is 18.3. The van der Waals surface area contributed by atoms with Crippen molar-refractivity contribution in [3.63, 3.8) is 0 Å². The summed E-state index contributed by atoms with van der Waals surface area (Å²) >= 11 is 0. The van der Waals surface area contributed by atoms with Crippen LogP contribution in [0.2, 0.25) is 0 Å². The summed E-state index contributed by atoms with van der Waals surface area (Å²) in [5.41, 5.74) is 3.77. The van der Waals surface area contributed by atoms with Gasteiger partial charge in [-0.05, 0) is 58.7 Å². The molecule has 0 aliphatic carbocycles. The standard InChI is InChI=1S/C27H23F2NO3/c1-17(21-9-5-7-19-6-3-4-8-22(19)21)30-16-18-10-12-24(31-2)23(14-18)20-11-13-25-26(15-20)33-27(28,29)32-25/h3-15,17,30H,16H2,1-2H3. The molecule has 6 heteroatoms. The Balaban J connectivity index is 1.39. The van der Waals surface area contributed by atoms with Gasteiger partial charge in [-0.2, -0.15) is 0 Å². The van der Waals surface area contributed by atoms with Crippen LogP contribution >= 0.6 is 0 Å². The Morgan fingerprint density at radius 3 is 2.55 bits per heavy atom. The molecule has 1 N–H and O–H groups in total. The predicted molar refractivity (Wildman–Crippen MR) is 124 cm³/mol. The first-order valence-electron chi connectivity index (χ1n) is 10.7. The smallest absolute Gasteiger partial charge is 0.496 e. The van der Waals surface area contributed by atoms with E-state index in [2.05, 4.69) is 58.1 Å². The SMILES string of the molecule is COc1ccc(CNC(C)c2cccc3ccccc23)cc1-c1ccc2c(c1)OC(F)(F)O2. The van der Waals surface area contributed by atoms with Crippen molar-refractivity contribution in [2.75, 3.05) is 7.11 Å². The summed E-state index contributed by atoms with van der Waals surface area (Å²) < 4.78 is 41.5. The van der Waals surface area contributed by atoms with E-state index in [1.54, 1.807) is 19.2 Å². The molecular formula is C27H23F2NO3. The normalized spacial score (nSPS) is 14.9. The number of nitrogens with one attached hydrogen (secondary N) is 1. The number of alkyl halides is 2. The Kier molecular flexibility index (Phi) is 5.38. The molecule has 33 heavy (non-hydrogen) atoms. The number of methoxy groups -OCH3 is 1. The fraction of sp³-hybridized carbons (Fsp3) is 0.185. The molecule has 1 aliphatic heterocycles. The maximum Gasteiger partial charge on any atom is 0.586 e. The van der Waals surface area contributed by atoms with Gasteiger partial charge in [-0.25, -0.2) is 0 Å². The number of rotatable bonds is 6. The van der Waals surface area contributed by atoms with Crippen molar-refractivity contribution in [2.24, 2.45) is 0 Å². The van der Waals surface area contributed by atoms with Crippen molar-refractivity contribution in [2.45, 2.75) is 25.8 Å². The predicted octanol–water partition coefficient (Wildman–Crippen LogP) is 6.69. The molecule has 0 saturated carbocycles. The number of fused-ring (bicyclic) bond motifs is 2. The maximum absolute atomic E-state index is 13.4. The van der Waals surface area contributed by atoms with E-state index in [0.29, 0.717) is 17.9 Å². The van der Waals surface area contributed by atoms with E-state index in [9.17, 15) is 8.78 Å². The second-order valence-electron chi connectivity index (χ2n) is 8.03. The molecule has 0 bridgehead atoms. The van der Waals surface area contributed by atoms with Crippen molar-refractivity contribution in [3.05, 3.63) is 90.0 Å². The van der Waals surface area contributed by atoms with E-state index < -0.39 is 6.29 Å². The summed E-state index contributed by atoms with van der Waals surface area (Å²) in [4.78, 5) is 0. The summed E-state index contributed by atoms with van der Waals surface area (Å²) in [6.07, 6.45) is -3.64. The Morgan fingerprint density at radius 1 is 0.909 bits per heavy atom. The van der Waals surface area contributed by atoms with Crippen molar-refractivity contribution in [3.8, 4) is 28.4 Å². The van der Waals surface area contributed by atoms with Gasteiger partial charge in [0.2, 0.25) is 0 Å². The largest absolute Gasteiger partial charge is 0.586 e. The Morgan fingerprint density at radius 2 is 1.70 bits per heavy atom. The van der Waals surface area contributed by atoms with Crippen LogP contribution in [-0.4, -0.2) is 13.4 Å². The molecule has 0 saturated heterocycles. The summed E-state index contributed by atoms with van der Waals surface area (Å²) in [5.74, 6) is 0.670. The van der Waals surface area contributed by atoms with Crippen molar-refractivity contribution in [1.82, 2.24) is 5.32 Å². The molecule has 168 valence electrons. The average Bonchev–Trinajstić information content (AvgIpc) is 3.14. The summed E-state index contributed by atoms with van der Waals surface area (Å²) in [6.45, 7) is 2.77. The Hall–Kier alpha value is -3.64. The van der Waals surface area contributed by atoms with Crippen LogP contribution in [0.15, 0.2) is 78.9 Å². The van der Waals surface area contributed by atoms with Crippen molar-refractivity contribution >= 4 is 10.8 Å². The lowest BCUT2D eigenvalue weighted by molar-refractivity contribution is -0.286. The highest BCUT2D eigenvalue weighted by Crippen LogP contribution is 2.44. The third kappa shape index (κ3) is 4.22. The van der Waals surface area contributed by atoms with E-state index in [1.807, 2.05) is 24.3 Å². The molecule has 4 aromatic carbocycles. The fourth-order valence-corrected chi connectivity index (χ4v) is 4.22. The number of hydrogen-bond acceptors (Lipinski definition) is 4. The molecule has 0 fully saturated rings. The molecule has 0 aromatic heterocycles. The van der Waals surface area contributed by atoms with Gasteiger partial charge in [-0.15, -0.1) is 8.78 Å². The minimum Gasteiger partial charge on any atom is -0.496 e. The lowest BCUT2D eigenvalue weighted by Crippen LogP contribution is -2.25. The van der Waals surface area contributed by atoms with E-state index in [4.69, 9.17) is 4.74 Å². The second kappa shape index (κ2) is 8.37. The van der Waals surface area contributed by atoms with E-state index in [1.165, 1.54) is 22.4 Å². The minimum atomic E-state index is -3.64. The number of benzene rings is 4. The van der Waals surface area contributed by atoms with Crippen LogP contribution in [0.25, 0.3) is 21.9 Å². The minimum absolute atomic E-state index is 0.00709. The quantitative estimate of drug-likeness (QED) is 0.358. The topological polar surface area (TPSA) is 39.7 Å². The van der Waals surface area contributed by atoms with E-state index in [-0.39, 0.29) is 17.5 Å². The van der Waals surface area contributed by atoms with Crippen LogP contribution in [0.3, 0.4) is 0 Å². The third-order valence-corrected chi connectivity index (χ3v) is 5.88. The van der Waals surface area contributed by atoms with Crippen molar-refractivity contribution < 1.29 is 23.0 Å². The summed E-state index contributed by atoms with van der Waals surface area (Å²) in [6, 6.07) is 25.4. The van der Waals surface area contributed by atoms with Gasteiger partial charge in [0, 0.05) is 18.2 Å². The zero-order chi connectivity index (χ0) is 23.0. The second-order valence-corrected chi connectivity index (χ2v) is 8.03. The third-order valence-electron chi connectivity index (χ3n) is 5.88. The first-order chi connectivity index (χ1) is 15.9. The van der Waals surface area contributed by atoms with Gasteiger partial charge in [0.15, 0.2) is 11.5 Å². The maximum atomic E-state index is 13.4. The van der Waals surface area contributed by atoms with Gasteiger partial charge in [0.25, 0.3) is 0 Å². The molecule has 1 aliphatic rings. The van der Waals surface area contributed by atoms with Gasteiger partial charge >= 0.3 is 6.29 Å². The van der Waals surface area contributed by atoms with Gasteiger partial charge < -0.3 is 19.5 Å². The molecule has 1 atom stereocenters. The molecule has 0 spiro atoms. The lowest BCUT2D eigenvalue weighted by Gasteiger charge is -2.18. The first kappa shape index (κ1) is 21.2. The molecule has 1 heterocycles. The molecule has 1 unspecified atom stereocenters. The molecule has 5 rings (SSSR count). The summed E-state index contributed by atoms with van der Waals surface area (Å²) in [7, 11) is 1.58. The highest BCUT2D eigenvalue weighted by atomic mass is 19.3. The molecule has 0 radical (unpaired) electrons. The van der Waals surface area contributed by atoms with Crippen LogP contribution in [0.4, 0.5) is 8.78 Å². The molecule has 0 amide bonds. The number of ether oxygens (including phenoxy) is 3. The Bertz CT molecular complexity index is 1320. The Labute approximate surface area is 190 Å². The van der Waals surface area contributed by atoms with Crippen LogP contribution < -0.4 is 19.5 Å². The van der Waals surface area contributed by atoms with Gasteiger partial charge in [-0.3, -0.25) is 0 Å². The van der Waals surface area contributed by atoms with Crippen LogP contribution in [0.1, 0.15) is 24.1 Å². The van der Waals surface area contributed by atoms with Crippen molar-refractivity contribution in [1.29, 1.82) is 0 Å². The first-order valence-corrected chi connectivity index (χ1v) is 10.7. The molecule has 4 nitrogen and oxygen atoms in total. The highest BCUT2D eigenvalue weighted by Gasteiger charge is 2.43. The number of halogens is 2.